The highest BCUT2D eigenvalue weighted by Gasteiger charge is 2.27. The zero-order valence-corrected chi connectivity index (χ0v) is 11.3. The number of para-hydroxylation sites is 1. The number of fused-ring (bicyclic) bond motifs is 1. The molecule has 3 N–H and O–H groups in total. The molecule has 4 nitrogen and oxygen atoms in total. The van der Waals surface area contributed by atoms with Gasteiger partial charge in [-0.15, -0.1) is 0 Å². The fourth-order valence-corrected chi connectivity index (χ4v) is 2.59. The van der Waals surface area contributed by atoms with E-state index in [0.717, 1.165) is 23.2 Å². The van der Waals surface area contributed by atoms with Gasteiger partial charge in [0.2, 0.25) is 0 Å². The maximum Gasteiger partial charge on any atom is 0.258 e. The summed E-state index contributed by atoms with van der Waals surface area (Å²) in [4.78, 5) is 14.3. The summed E-state index contributed by atoms with van der Waals surface area (Å²) >= 11 is 0. The summed E-state index contributed by atoms with van der Waals surface area (Å²) in [6, 6.07) is 10.7. The third-order valence-electron chi connectivity index (χ3n) is 3.73. The van der Waals surface area contributed by atoms with E-state index in [1.165, 1.54) is 6.07 Å². The van der Waals surface area contributed by atoms with Crippen molar-refractivity contribution >= 4 is 17.3 Å². The molecule has 0 saturated carbocycles. The number of anilines is 2. The summed E-state index contributed by atoms with van der Waals surface area (Å²) in [7, 11) is 0. The van der Waals surface area contributed by atoms with Gasteiger partial charge in [0.05, 0.1) is 11.4 Å². The molecule has 1 aliphatic heterocycles. The van der Waals surface area contributed by atoms with Crippen LogP contribution in [0.3, 0.4) is 0 Å². The van der Waals surface area contributed by atoms with Crippen LogP contribution < -0.4 is 10.6 Å². The third-order valence-corrected chi connectivity index (χ3v) is 3.73. The van der Waals surface area contributed by atoms with Crippen LogP contribution in [0.4, 0.5) is 11.4 Å². The number of nitrogens with two attached hydrogens (primary N) is 1. The fourth-order valence-electron chi connectivity index (χ4n) is 2.59. The number of phenols is 1. The molecule has 0 spiro atoms. The van der Waals surface area contributed by atoms with Crippen molar-refractivity contribution in [3.8, 4) is 5.75 Å². The highest BCUT2D eigenvalue weighted by molar-refractivity contribution is 6.09. The molecule has 1 heterocycles. The van der Waals surface area contributed by atoms with Crippen LogP contribution in [0.1, 0.15) is 21.5 Å². The number of amides is 1. The molecule has 0 radical (unpaired) electrons. The van der Waals surface area contributed by atoms with E-state index in [-0.39, 0.29) is 11.7 Å². The Kier molecular flexibility index (Phi) is 2.86. The number of nitrogens with zero attached hydrogens (tertiary/aromatic N) is 1. The molecular formula is C16H16N2O2. The Labute approximate surface area is 117 Å². The van der Waals surface area contributed by atoms with Gasteiger partial charge >= 0.3 is 0 Å². The van der Waals surface area contributed by atoms with Gasteiger partial charge in [-0.2, -0.15) is 0 Å². The average Bonchev–Trinajstić information content (AvgIpc) is 2.86. The van der Waals surface area contributed by atoms with E-state index in [9.17, 15) is 9.90 Å². The number of hydrogen-bond donors (Lipinski definition) is 2. The number of nitrogen functional groups attached to an aromatic ring is 1. The zero-order valence-electron chi connectivity index (χ0n) is 11.3. The van der Waals surface area contributed by atoms with E-state index in [1.807, 2.05) is 12.1 Å². The number of phenolic OH excluding ortho intramolecular Hbond substituents is 1. The van der Waals surface area contributed by atoms with Crippen molar-refractivity contribution < 1.29 is 9.90 Å². The van der Waals surface area contributed by atoms with Crippen molar-refractivity contribution in [2.24, 2.45) is 0 Å². The summed E-state index contributed by atoms with van der Waals surface area (Å²) in [5.41, 5.74) is 9.73. The van der Waals surface area contributed by atoms with Crippen LogP contribution in [0.15, 0.2) is 36.4 Å². The lowest BCUT2D eigenvalue weighted by Gasteiger charge is -2.19. The predicted octanol–water partition coefficient (Wildman–Crippen LogP) is 2.49. The van der Waals surface area contributed by atoms with Crippen molar-refractivity contribution in [3.05, 3.63) is 53.1 Å². The van der Waals surface area contributed by atoms with Gasteiger partial charge in [-0.3, -0.25) is 4.79 Å². The highest BCUT2D eigenvalue weighted by atomic mass is 16.3. The second kappa shape index (κ2) is 4.56. The summed E-state index contributed by atoms with van der Waals surface area (Å²) in [6.45, 7) is 2.42. The number of aromatic hydroxyl groups is 1. The first-order chi connectivity index (χ1) is 9.58. The minimum absolute atomic E-state index is 0.128. The normalized spacial score (nSPS) is 13.3. The van der Waals surface area contributed by atoms with Crippen LogP contribution >= 0.6 is 0 Å². The van der Waals surface area contributed by atoms with Crippen LogP contribution in [-0.2, 0) is 6.42 Å². The number of carbonyl (C=O) groups is 1. The standard InChI is InChI=1S/C16H16N2O2/c1-10-5-6-12(9-14(10)19)16(20)18-8-7-11-3-2-4-13(17)15(11)18/h2-6,9,19H,7-8,17H2,1H3. The summed E-state index contributed by atoms with van der Waals surface area (Å²) in [6.07, 6.45) is 0.809. The summed E-state index contributed by atoms with van der Waals surface area (Å²) in [5, 5.41) is 9.75. The van der Waals surface area contributed by atoms with Crippen LogP contribution in [-0.4, -0.2) is 17.6 Å². The number of benzene rings is 2. The lowest BCUT2D eigenvalue weighted by atomic mass is 10.1. The molecule has 102 valence electrons. The summed E-state index contributed by atoms with van der Waals surface area (Å²) < 4.78 is 0. The largest absolute Gasteiger partial charge is 0.508 e. The van der Waals surface area contributed by atoms with Gasteiger partial charge in [-0.1, -0.05) is 18.2 Å². The quantitative estimate of drug-likeness (QED) is 0.781. The van der Waals surface area contributed by atoms with Crippen LogP contribution in [0, 0.1) is 6.92 Å². The Hall–Kier alpha value is -2.49. The van der Waals surface area contributed by atoms with Crippen molar-refractivity contribution in [3.63, 3.8) is 0 Å². The van der Waals surface area contributed by atoms with Crippen LogP contribution in [0.5, 0.6) is 5.75 Å². The Morgan fingerprint density at radius 1 is 1.30 bits per heavy atom. The highest BCUT2D eigenvalue weighted by Crippen LogP contribution is 2.34. The van der Waals surface area contributed by atoms with E-state index in [4.69, 9.17) is 5.73 Å². The topological polar surface area (TPSA) is 66.6 Å². The zero-order chi connectivity index (χ0) is 14.3. The fraction of sp³-hybridized carbons (Fsp3) is 0.188. The van der Waals surface area contributed by atoms with Crippen molar-refractivity contribution in [1.82, 2.24) is 0 Å². The summed E-state index contributed by atoms with van der Waals surface area (Å²) in [5.74, 6) is 0.00764. The lowest BCUT2D eigenvalue weighted by molar-refractivity contribution is 0.0989. The van der Waals surface area contributed by atoms with Crippen molar-refractivity contribution in [1.29, 1.82) is 0 Å². The monoisotopic (exact) mass is 268 g/mol. The molecule has 0 unspecified atom stereocenters. The molecule has 0 aliphatic carbocycles. The number of rotatable bonds is 1. The van der Waals surface area contributed by atoms with E-state index in [2.05, 4.69) is 0 Å². The SMILES string of the molecule is Cc1ccc(C(=O)N2CCc3cccc(N)c32)cc1O. The molecule has 3 rings (SSSR count). The molecule has 4 heteroatoms. The molecule has 20 heavy (non-hydrogen) atoms. The molecule has 2 aromatic rings. The van der Waals surface area contributed by atoms with E-state index in [1.54, 1.807) is 30.0 Å². The maximum atomic E-state index is 12.6. The van der Waals surface area contributed by atoms with Gasteiger partial charge in [0.25, 0.3) is 5.91 Å². The second-order valence-electron chi connectivity index (χ2n) is 5.06. The molecule has 0 fully saturated rings. The van der Waals surface area contributed by atoms with Gasteiger partial charge in [0.15, 0.2) is 0 Å². The van der Waals surface area contributed by atoms with Gasteiger partial charge < -0.3 is 15.7 Å². The smallest absolute Gasteiger partial charge is 0.258 e. The third kappa shape index (κ3) is 1.90. The maximum absolute atomic E-state index is 12.6. The number of hydrogen-bond acceptors (Lipinski definition) is 3. The molecule has 2 aromatic carbocycles. The van der Waals surface area contributed by atoms with E-state index >= 15 is 0 Å². The minimum Gasteiger partial charge on any atom is -0.508 e. The molecule has 1 amide bonds. The molecule has 0 atom stereocenters. The first-order valence-electron chi connectivity index (χ1n) is 6.57. The average molecular weight is 268 g/mol. The Morgan fingerprint density at radius 2 is 2.10 bits per heavy atom. The molecule has 0 aromatic heterocycles. The Morgan fingerprint density at radius 3 is 2.85 bits per heavy atom. The first-order valence-corrected chi connectivity index (χ1v) is 6.57. The van der Waals surface area contributed by atoms with Gasteiger partial charge in [-0.25, -0.2) is 0 Å². The van der Waals surface area contributed by atoms with Crippen molar-refractivity contribution in [2.75, 3.05) is 17.2 Å². The van der Waals surface area contributed by atoms with Crippen LogP contribution in [0.2, 0.25) is 0 Å². The second-order valence-corrected chi connectivity index (χ2v) is 5.06. The Balaban J connectivity index is 1.99. The van der Waals surface area contributed by atoms with Crippen molar-refractivity contribution in [2.45, 2.75) is 13.3 Å². The minimum atomic E-state index is -0.128. The van der Waals surface area contributed by atoms with E-state index in [0.29, 0.717) is 17.8 Å². The molecular weight excluding hydrogens is 252 g/mol. The molecule has 1 aliphatic rings. The number of aryl methyl sites for hydroxylation is 1. The molecule has 0 bridgehead atoms. The first kappa shape index (κ1) is 12.5. The lowest BCUT2D eigenvalue weighted by Crippen LogP contribution is -2.29. The van der Waals surface area contributed by atoms with Gasteiger partial charge in [0, 0.05) is 12.1 Å². The number of carbonyl (C=O) groups excluding carboxylic acids is 1. The van der Waals surface area contributed by atoms with Gasteiger partial charge in [-0.05, 0) is 42.7 Å². The van der Waals surface area contributed by atoms with Crippen LogP contribution in [0.25, 0.3) is 0 Å². The molecule has 0 saturated heterocycles. The van der Waals surface area contributed by atoms with Gasteiger partial charge in [0.1, 0.15) is 5.75 Å². The predicted molar refractivity (Wildman–Crippen MR) is 79.1 cm³/mol. The van der Waals surface area contributed by atoms with E-state index < -0.39 is 0 Å². The Bertz CT molecular complexity index is 695.